The van der Waals surface area contributed by atoms with Gasteiger partial charge in [-0.05, 0) is 52.4 Å². The van der Waals surface area contributed by atoms with Gasteiger partial charge in [0.25, 0.3) is 0 Å². The number of nitrogens with zero attached hydrogens (tertiary/aromatic N) is 2. The fourth-order valence-electron chi connectivity index (χ4n) is 4.66. The van der Waals surface area contributed by atoms with Crippen LogP contribution in [0.1, 0.15) is 52.4 Å². The molecule has 0 spiro atoms. The van der Waals surface area contributed by atoms with Crippen molar-refractivity contribution in [3.8, 4) is 0 Å². The molecule has 4 nitrogen and oxygen atoms in total. The molecule has 0 aromatic carbocycles. The summed E-state index contributed by atoms with van der Waals surface area (Å²) < 4.78 is 2.01. The van der Waals surface area contributed by atoms with Crippen LogP contribution < -0.4 is 0 Å². The van der Waals surface area contributed by atoms with Gasteiger partial charge in [-0.15, -0.1) is 0 Å². The van der Waals surface area contributed by atoms with E-state index in [0.717, 1.165) is 35.1 Å². The van der Waals surface area contributed by atoms with Crippen molar-refractivity contribution in [1.82, 2.24) is 0 Å². The first-order chi connectivity index (χ1) is 10.5. The maximum Gasteiger partial charge on any atom is 0.134 e. The predicted octanol–water partition coefficient (Wildman–Crippen LogP) is 1.75. The Bertz CT molecular complexity index is 291. The lowest BCUT2D eigenvalue weighted by Crippen LogP contribution is -2.61. The maximum absolute atomic E-state index is 10.6. The van der Waals surface area contributed by atoms with Crippen molar-refractivity contribution < 1.29 is 19.2 Å². The molecule has 2 fully saturated rings. The number of likely N-dealkylation sites (N-methyl/N-ethyl adjacent to an activating group) is 2. The average Bonchev–Trinajstić information content (AvgIpc) is 2.56. The molecule has 2 N–H and O–H groups in total. The van der Waals surface area contributed by atoms with Gasteiger partial charge in [0.15, 0.2) is 0 Å². The lowest BCUT2D eigenvalue weighted by molar-refractivity contribution is -0.941. The molecule has 0 radical (unpaired) electrons. The number of hydrogen-bond acceptors (Lipinski definition) is 2. The van der Waals surface area contributed by atoms with Gasteiger partial charge in [0, 0.05) is 0 Å². The van der Waals surface area contributed by atoms with E-state index in [1.165, 1.54) is 64.7 Å². The molecule has 2 heterocycles. The molecular formula is C18H38N2O2+2. The summed E-state index contributed by atoms with van der Waals surface area (Å²) in [5, 5.41) is 21.3. The smallest absolute Gasteiger partial charge is 0.134 e. The Labute approximate surface area is 136 Å². The van der Waals surface area contributed by atoms with Crippen LogP contribution in [-0.2, 0) is 0 Å². The van der Waals surface area contributed by atoms with Crippen LogP contribution in [0.5, 0.6) is 0 Å². The highest BCUT2D eigenvalue weighted by atomic mass is 16.3. The third-order valence-corrected chi connectivity index (χ3v) is 6.46. The summed E-state index contributed by atoms with van der Waals surface area (Å²) in [7, 11) is 0. The van der Waals surface area contributed by atoms with E-state index in [0.29, 0.717) is 0 Å². The molecule has 0 aromatic rings. The third kappa shape index (κ3) is 4.44. The van der Waals surface area contributed by atoms with Crippen molar-refractivity contribution >= 4 is 0 Å². The molecule has 130 valence electrons. The van der Waals surface area contributed by atoms with E-state index in [-0.39, 0.29) is 0 Å². The number of hydrogen-bond donors (Lipinski definition) is 2. The normalized spacial score (nSPS) is 27.3. The number of quaternary nitrogens is 2. The summed E-state index contributed by atoms with van der Waals surface area (Å²) in [6.07, 6.45) is 6.60. The highest BCUT2D eigenvalue weighted by Gasteiger charge is 2.37. The number of likely N-dealkylation sites (tertiary alicyclic amines) is 2. The molecule has 2 rings (SSSR count). The van der Waals surface area contributed by atoms with Gasteiger partial charge in [0.1, 0.15) is 25.3 Å². The number of aliphatic hydroxyl groups is 2. The molecule has 0 bridgehead atoms. The molecule has 2 aliphatic heterocycles. The quantitative estimate of drug-likeness (QED) is 0.703. The largest absolute Gasteiger partial charge is 0.384 e. The van der Waals surface area contributed by atoms with Crippen LogP contribution >= 0.6 is 0 Å². The fraction of sp³-hybridized carbons (Fsp3) is 1.00. The molecular weight excluding hydrogens is 276 g/mol. The predicted molar refractivity (Wildman–Crippen MR) is 90.5 cm³/mol. The van der Waals surface area contributed by atoms with Crippen molar-refractivity contribution in [2.24, 2.45) is 0 Å². The number of aliphatic hydroxyl groups excluding tert-OH is 2. The van der Waals surface area contributed by atoms with Gasteiger partial charge in [-0.2, -0.15) is 0 Å². The lowest BCUT2D eigenvalue weighted by atomic mass is 10.0. The minimum absolute atomic E-state index is 0.568. The Morgan fingerprint density at radius 1 is 0.636 bits per heavy atom. The number of piperidine rings is 2. The second-order valence-corrected chi connectivity index (χ2v) is 7.83. The molecule has 0 amide bonds. The summed E-state index contributed by atoms with van der Waals surface area (Å²) in [5.41, 5.74) is 0. The van der Waals surface area contributed by atoms with Gasteiger partial charge in [-0.25, -0.2) is 0 Å². The first kappa shape index (κ1) is 18.2. The summed E-state index contributed by atoms with van der Waals surface area (Å²) in [5.74, 6) is 0. The van der Waals surface area contributed by atoms with Crippen LogP contribution in [0.2, 0.25) is 0 Å². The van der Waals surface area contributed by atoms with Gasteiger partial charge in [-0.1, -0.05) is 0 Å². The molecule has 4 heteroatoms. The summed E-state index contributed by atoms with van der Waals surface area (Å²) in [6.45, 7) is 12.8. The topological polar surface area (TPSA) is 40.5 Å². The van der Waals surface area contributed by atoms with Crippen molar-refractivity contribution in [2.75, 3.05) is 52.4 Å². The van der Waals surface area contributed by atoms with Crippen molar-refractivity contribution in [3.05, 3.63) is 0 Å². The molecule has 0 aliphatic carbocycles. The minimum Gasteiger partial charge on any atom is -0.384 e. The Morgan fingerprint density at radius 2 is 0.955 bits per heavy atom. The zero-order chi connectivity index (χ0) is 16.1. The first-order valence-corrected chi connectivity index (χ1v) is 9.61. The van der Waals surface area contributed by atoms with Gasteiger partial charge < -0.3 is 19.2 Å². The highest BCUT2D eigenvalue weighted by molar-refractivity contribution is 4.70. The van der Waals surface area contributed by atoms with Crippen LogP contribution in [0.3, 0.4) is 0 Å². The Kier molecular flexibility index (Phi) is 6.69. The standard InChI is InChI=1S/C18H38N2O2/c1-3-19(11-7-5-8-12-19)15-17(21)18(22)16-20(4-2)13-9-6-10-14-20/h17-18,21-22H,3-16H2,1-2H3/q+2. The highest BCUT2D eigenvalue weighted by Crippen LogP contribution is 2.23. The monoisotopic (exact) mass is 314 g/mol. The number of rotatable bonds is 7. The zero-order valence-electron chi connectivity index (χ0n) is 14.8. The second-order valence-electron chi connectivity index (χ2n) is 7.83. The maximum atomic E-state index is 10.6. The van der Waals surface area contributed by atoms with E-state index in [2.05, 4.69) is 13.8 Å². The molecule has 0 aromatic heterocycles. The molecule has 2 saturated heterocycles. The van der Waals surface area contributed by atoms with Crippen molar-refractivity contribution in [3.63, 3.8) is 0 Å². The van der Waals surface area contributed by atoms with E-state index >= 15 is 0 Å². The summed E-state index contributed by atoms with van der Waals surface area (Å²) in [4.78, 5) is 0. The Balaban J connectivity index is 1.91. The Morgan fingerprint density at radius 3 is 1.23 bits per heavy atom. The SMILES string of the molecule is CC[N+]1(CC(O)C(O)C[N+]2(CC)CCCCC2)CCCCC1. The van der Waals surface area contributed by atoms with E-state index in [1.807, 2.05) is 0 Å². The molecule has 2 aliphatic rings. The van der Waals surface area contributed by atoms with Crippen LogP contribution in [0.4, 0.5) is 0 Å². The summed E-state index contributed by atoms with van der Waals surface area (Å²) in [6, 6.07) is 0. The van der Waals surface area contributed by atoms with Gasteiger partial charge in [-0.3, -0.25) is 0 Å². The van der Waals surface area contributed by atoms with Crippen molar-refractivity contribution in [1.29, 1.82) is 0 Å². The van der Waals surface area contributed by atoms with E-state index in [4.69, 9.17) is 0 Å². The minimum atomic E-state index is -0.568. The molecule has 2 unspecified atom stereocenters. The molecule has 22 heavy (non-hydrogen) atoms. The lowest BCUT2D eigenvalue weighted by Gasteiger charge is -2.45. The summed E-state index contributed by atoms with van der Waals surface area (Å²) >= 11 is 0. The van der Waals surface area contributed by atoms with Crippen LogP contribution in [-0.4, -0.2) is 83.7 Å². The van der Waals surface area contributed by atoms with Crippen LogP contribution in [0.25, 0.3) is 0 Å². The second kappa shape index (κ2) is 8.09. The van der Waals surface area contributed by atoms with Gasteiger partial charge >= 0.3 is 0 Å². The average molecular weight is 315 g/mol. The van der Waals surface area contributed by atoms with E-state index in [9.17, 15) is 10.2 Å². The first-order valence-electron chi connectivity index (χ1n) is 9.61. The molecule has 2 atom stereocenters. The van der Waals surface area contributed by atoms with Gasteiger partial charge in [0.2, 0.25) is 0 Å². The molecule has 0 saturated carbocycles. The van der Waals surface area contributed by atoms with Gasteiger partial charge in [0.05, 0.1) is 39.3 Å². The fourth-order valence-corrected chi connectivity index (χ4v) is 4.66. The van der Waals surface area contributed by atoms with Crippen LogP contribution in [0, 0.1) is 0 Å². The zero-order valence-corrected chi connectivity index (χ0v) is 14.8. The Hall–Kier alpha value is -0.160. The van der Waals surface area contributed by atoms with E-state index < -0.39 is 12.2 Å². The third-order valence-electron chi connectivity index (χ3n) is 6.46. The van der Waals surface area contributed by atoms with Crippen molar-refractivity contribution in [2.45, 2.75) is 64.6 Å². The van der Waals surface area contributed by atoms with Crippen LogP contribution in [0.15, 0.2) is 0 Å². The van der Waals surface area contributed by atoms with E-state index in [1.54, 1.807) is 0 Å².